The van der Waals surface area contributed by atoms with Crippen LogP contribution in [0.2, 0.25) is 0 Å². The zero-order chi connectivity index (χ0) is 11.4. The third-order valence-electron chi connectivity index (χ3n) is 2.87. The van der Waals surface area contributed by atoms with E-state index in [1.54, 1.807) is 0 Å². The van der Waals surface area contributed by atoms with Gasteiger partial charge in [-0.25, -0.2) is 0 Å². The van der Waals surface area contributed by atoms with Crippen LogP contribution in [0.25, 0.3) is 0 Å². The molecular weight excluding hydrogens is 190 g/mol. The Kier molecular flexibility index (Phi) is 4.54. The van der Waals surface area contributed by atoms with E-state index < -0.39 is 0 Å². The van der Waals surface area contributed by atoms with Gasteiger partial charge in [0.1, 0.15) is 0 Å². The van der Waals surface area contributed by atoms with Gasteiger partial charge in [-0.05, 0) is 33.2 Å². The average Bonchev–Trinajstić information content (AvgIpc) is 2.08. The molecule has 3 N–H and O–H groups in total. The molecule has 1 aliphatic rings. The quantitative estimate of drug-likeness (QED) is 0.691. The highest BCUT2D eigenvalue weighted by atomic mass is 16.2. The minimum Gasteiger partial charge on any atom is -0.353 e. The van der Waals surface area contributed by atoms with Gasteiger partial charge in [-0.1, -0.05) is 6.92 Å². The highest BCUT2D eigenvalue weighted by molar-refractivity contribution is 5.78. The average molecular weight is 213 g/mol. The van der Waals surface area contributed by atoms with E-state index in [-0.39, 0.29) is 11.9 Å². The Morgan fingerprint density at radius 1 is 1.53 bits per heavy atom. The Hall–Kier alpha value is -0.610. The third kappa shape index (κ3) is 3.80. The molecule has 15 heavy (non-hydrogen) atoms. The van der Waals surface area contributed by atoms with E-state index in [0.29, 0.717) is 18.6 Å². The molecule has 0 radical (unpaired) electrons. The molecule has 88 valence electrons. The minimum absolute atomic E-state index is 0.118. The molecule has 0 aromatic rings. The summed E-state index contributed by atoms with van der Waals surface area (Å²) in [6.07, 6.45) is 2.06. The summed E-state index contributed by atoms with van der Waals surface area (Å²) in [6.45, 7) is 7.47. The Morgan fingerprint density at radius 3 is 2.53 bits per heavy atom. The molecule has 4 nitrogen and oxygen atoms in total. The predicted octanol–water partition coefficient (Wildman–Crippen LogP) is 0.323. The molecule has 0 aromatic carbocycles. The number of carbonyl (C=O) groups excluding carboxylic acids is 1. The van der Waals surface area contributed by atoms with E-state index >= 15 is 0 Å². The lowest BCUT2D eigenvalue weighted by Gasteiger charge is -2.40. The van der Waals surface area contributed by atoms with Crippen LogP contribution < -0.4 is 11.1 Å². The molecule has 0 aliphatic heterocycles. The highest BCUT2D eigenvalue weighted by Gasteiger charge is 2.31. The Balaban J connectivity index is 2.30. The van der Waals surface area contributed by atoms with Gasteiger partial charge in [0.25, 0.3) is 0 Å². The largest absolute Gasteiger partial charge is 0.353 e. The fraction of sp³-hybridized carbons (Fsp3) is 0.909. The summed E-state index contributed by atoms with van der Waals surface area (Å²) in [7, 11) is 0. The van der Waals surface area contributed by atoms with Crippen molar-refractivity contribution in [1.29, 1.82) is 0 Å². The van der Waals surface area contributed by atoms with Crippen LogP contribution in [-0.2, 0) is 4.79 Å². The number of amides is 1. The van der Waals surface area contributed by atoms with Gasteiger partial charge in [0.15, 0.2) is 0 Å². The molecule has 1 fully saturated rings. The van der Waals surface area contributed by atoms with Crippen LogP contribution in [0.3, 0.4) is 0 Å². The molecule has 0 aromatic heterocycles. The predicted molar refractivity (Wildman–Crippen MR) is 61.5 cm³/mol. The van der Waals surface area contributed by atoms with E-state index in [9.17, 15) is 4.79 Å². The lowest BCUT2D eigenvalue weighted by atomic mass is 9.86. The summed E-state index contributed by atoms with van der Waals surface area (Å²) < 4.78 is 0. The maximum Gasteiger partial charge on any atom is 0.234 e. The minimum atomic E-state index is 0.118. The zero-order valence-electron chi connectivity index (χ0n) is 9.99. The number of nitrogens with zero attached hydrogens (tertiary/aromatic N) is 1. The maximum atomic E-state index is 11.6. The maximum absolute atomic E-state index is 11.6. The molecule has 0 atom stereocenters. The van der Waals surface area contributed by atoms with Gasteiger partial charge in [-0.2, -0.15) is 0 Å². The molecular formula is C11H23N3O. The second-order valence-electron chi connectivity index (χ2n) is 4.67. The fourth-order valence-electron chi connectivity index (χ4n) is 1.98. The molecule has 1 rings (SSSR count). The van der Waals surface area contributed by atoms with E-state index in [1.165, 1.54) is 0 Å². The molecule has 0 saturated heterocycles. The van der Waals surface area contributed by atoms with Crippen LogP contribution in [0, 0.1) is 0 Å². The van der Waals surface area contributed by atoms with Crippen molar-refractivity contribution in [2.24, 2.45) is 5.73 Å². The van der Waals surface area contributed by atoms with Gasteiger partial charge in [0.2, 0.25) is 5.91 Å². The van der Waals surface area contributed by atoms with Crippen molar-refractivity contribution in [3.05, 3.63) is 0 Å². The third-order valence-corrected chi connectivity index (χ3v) is 2.87. The molecule has 4 heteroatoms. The molecule has 1 saturated carbocycles. The van der Waals surface area contributed by atoms with Gasteiger partial charge in [-0.15, -0.1) is 0 Å². The molecule has 1 aliphatic carbocycles. The first-order valence-corrected chi connectivity index (χ1v) is 5.82. The summed E-state index contributed by atoms with van der Waals surface area (Å²) in [5.41, 5.74) is 5.75. The molecule has 0 bridgehead atoms. The lowest BCUT2D eigenvalue weighted by molar-refractivity contribution is -0.123. The number of hydrogen-bond acceptors (Lipinski definition) is 3. The summed E-state index contributed by atoms with van der Waals surface area (Å²) in [4.78, 5) is 13.8. The molecule has 1 amide bonds. The number of rotatable bonds is 5. The van der Waals surface area contributed by atoms with Crippen LogP contribution in [-0.4, -0.2) is 42.0 Å². The van der Waals surface area contributed by atoms with E-state index in [0.717, 1.165) is 19.4 Å². The second kappa shape index (κ2) is 5.47. The van der Waals surface area contributed by atoms with Crippen LogP contribution >= 0.6 is 0 Å². The Labute approximate surface area is 92.2 Å². The Bertz CT molecular complexity index is 212. The summed E-state index contributed by atoms with van der Waals surface area (Å²) in [6, 6.07) is 1.08. The van der Waals surface area contributed by atoms with Gasteiger partial charge < -0.3 is 11.1 Å². The monoisotopic (exact) mass is 213 g/mol. The van der Waals surface area contributed by atoms with Crippen molar-refractivity contribution in [1.82, 2.24) is 10.2 Å². The van der Waals surface area contributed by atoms with Crippen molar-refractivity contribution in [2.75, 3.05) is 13.1 Å². The van der Waals surface area contributed by atoms with E-state index in [4.69, 9.17) is 5.73 Å². The van der Waals surface area contributed by atoms with Crippen molar-refractivity contribution >= 4 is 5.91 Å². The van der Waals surface area contributed by atoms with Crippen LogP contribution in [0.4, 0.5) is 0 Å². The SMILES string of the molecule is CCN(CC(=O)NC(C)C)C1CC(N)C1. The van der Waals surface area contributed by atoms with Crippen LogP contribution in [0.15, 0.2) is 0 Å². The topological polar surface area (TPSA) is 58.4 Å². The first-order chi connectivity index (χ1) is 7.02. The first kappa shape index (κ1) is 12.5. The summed E-state index contributed by atoms with van der Waals surface area (Å²) >= 11 is 0. The van der Waals surface area contributed by atoms with E-state index in [1.807, 2.05) is 13.8 Å². The normalized spacial score (nSPS) is 25.5. The smallest absolute Gasteiger partial charge is 0.234 e. The van der Waals surface area contributed by atoms with Crippen molar-refractivity contribution in [2.45, 2.75) is 51.7 Å². The first-order valence-electron chi connectivity index (χ1n) is 5.82. The Morgan fingerprint density at radius 2 is 2.13 bits per heavy atom. The number of likely N-dealkylation sites (N-methyl/N-ethyl adjacent to an activating group) is 1. The zero-order valence-corrected chi connectivity index (χ0v) is 9.99. The number of carbonyl (C=O) groups is 1. The van der Waals surface area contributed by atoms with Gasteiger partial charge >= 0.3 is 0 Å². The lowest BCUT2D eigenvalue weighted by Crippen LogP contribution is -2.53. The van der Waals surface area contributed by atoms with Crippen molar-refractivity contribution in [3.8, 4) is 0 Å². The van der Waals surface area contributed by atoms with Gasteiger partial charge in [0.05, 0.1) is 6.54 Å². The second-order valence-corrected chi connectivity index (χ2v) is 4.67. The van der Waals surface area contributed by atoms with Crippen molar-refractivity contribution in [3.63, 3.8) is 0 Å². The highest BCUT2D eigenvalue weighted by Crippen LogP contribution is 2.23. The molecule has 0 spiro atoms. The van der Waals surface area contributed by atoms with Gasteiger partial charge in [0, 0.05) is 18.1 Å². The number of nitrogens with two attached hydrogens (primary N) is 1. The van der Waals surface area contributed by atoms with Gasteiger partial charge in [-0.3, -0.25) is 9.69 Å². The van der Waals surface area contributed by atoms with Crippen LogP contribution in [0.5, 0.6) is 0 Å². The number of hydrogen-bond donors (Lipinski definition) is 2. The molecule has 0 unspecified atom stereocenters. The van der Waals surface area contributed by atoms with E-state index in [2.05, 4.69) is 17.1 Å². The molecule has 0 heterocycles. The fourth-order valence-corrected chi connectivity index (χ4v) is 1.98. The summed E-state index contributed by atoms with van der Waals surface area (Å²) in [5.74, 6) is 0.118. The standard InChI is InChI=1S/C11H23N3O/c1-4-14(10-5-9(12)6-10)7-11(15)13-8(2)3/h8-10H,4-7,12H2,1-3H3,(H,13,15). The number of nitrogens with one attached hydrogen (secondary N) is 1. The van der Waals surface area contributed by atoms with Crippen LogP contribution in [0.1, 0.15) is 33.6 Å². The van der Waals surface area contributed by atoms with Crippen molar-refractivity contribution < 1.29 is 4.79 Å². The summed E-state index contributed by atoms with van der Waals surface area (Å²) in [5, 5.41) is 2.91.